The molecule has 0 radical (unpaired) electrons. The van der Waals surface area contributed by atoms with E-state index in [1.807, 2.05) is 0 Å². The third-order valence-electron chi connectivity index (χ3n) is 1.87. The molecule has 0 aromatic rings. The van der Waals surface area contributed by atoms with E-state index in [9.17, 15) is 9.70 Å². The molecule has 1 N–H and O–H groups in total. The molecule has 0 fully saturated rings. The molecule has 1 atom stereocenters. The molecule has 0 aliphatic rings. The van der Waals surface area contributed by atoms with E-state index in [1.54, 1.807) is 6.92 Å². The molecule has 82 valence electrons. The van der Waals surface area contributed by atoms with Crippen LogP contribution in [0.5, 0.6) is 0 Å². The molecule has 14 heavy (non-hydrogen) atoms. The van der Waals surface area contributed by atoms with Crippen molar-refractivity contribution in [2.45, 2.75) is 39.2 Å². The standard InChI is InChI=1S/C9H18N2O3/c1-8(12)4-3-6-11(10-14)7-5-9(2)13/h9,13H,3-7H2,1-2H3. The van der Waals surface area contributed by atoms with Gasteiger partial charge in [0.05, 0.1) is 11.4 Å². The number of nitrogens with zero attached hydrogens (tertiary/aromatic N) is 2. The van der Waals surface area contributed by atoms with Gasteiger partial charge in [0.2, 0.25) is 0 Å². The second-order valence-corrected chi connectivity index (χ2v) is 3.48. The van der Waals surface area contributed by atoms with E-state index in [0.717, 1.165) is 0 Å². The predicted octanol–water partition coefficient (Wildman–Crippen LogP) is 1.11. The van der Waals surface area contributed by atoms with Gasteiger partial charge in [-0.1, -0.05) is 0 Å². The van der Waals surface area contributed by atoms with Crippen molar-refractivity contribution in [3.63, 3.8) is 0 Å². The Morgan fingerprint density at radius 1 is 1.50 bits per heavy atom. The number of rotatable bonds is 8. The van der Waals surface area contributed by atoms with E-state index in [1.165, 1.54) is 11.9 Å². The predicted molar refractivity (Wildman–Crippen MR) is 53.6 cm³/mol. The number of aliphatic hydroxyl groups is 1. The zero-order valence-corrected chi connectivity index (χ0v) is 8.77. The van der Waals surface area contributed by atoms with Gasteiger partial charge in [0, 0.05) is 19.5 Å². The highest BCUT2D eigenvalue weighted by Crippen LogP contribution is 2.00. The lowest BCUT2D eigenvalue weighted by Gasteiger charge is -2.15. The van der Waals surface area contributed by atoms with Gasteiger partial charge in [0.25, 0.3) is 0 Å². The largest absolute Gasteiger partial charge is 0.393 e. The molecule has 0 rings (SSSR count). The Hall–Kier alpha value is -0.970. The number of Topliss-reactive ketones (excluding diaryl/α,β-unsaturated/α-hetero) is 1. The maximum Gasteiger partial charge on any atom is 0.129 e. The van der Waals surface area contributed by atoms with Crippen LogP contribution < -0.4 is 0 Å². The number of aliphatic hydroxyl groups excluding tert-OH is 1. The van der Waals surface area contributed by atoms with Crippen LogP contribution in [-0.4, -0.2) is 35.1 Å². The summed E-state index contributed by atoms with van der Waals surface area (Å²) in [5, 5.41) is 13.1. The molecule has 0 aliphatic heterocycles. The average molecular weight is 202 g/mol. The van der Waals surface area contributed by atoms with E-state index in [-0.39, 0.29) is 5.78 Å². The first-order valence-electron chi connectivity index (χ1n) is 4.82. The summed E-state index contributed by atoms with van der Waals surface area (Å²) in [6, 6.07) is 0. The van der Waals surface area contributed by atoms with Crippen molar-refractivity contribution in [2.24, 2.45) is 5.29 Å². The van der Waals surface area contributed by atoms with Crippen molar-refractivity contribution in [3.05, 3.63) is 4.91 Å². The van der Waals surface area contributed by atoms with Crippen LogP contribution in [0.3, 0.4) is 0 Å². The van der Waals surface area contributed by atoms with Gasteiger partial charge < -0.3 is 9.90 Å². The molecule has 0 heterocycles. The fourth-order valence-electron chi connectivity index (χ4n) is 1.04. The second-order valence-electron chi connectivity index (χ2n) is 3.48. The fourth-order valence-corrected chi connectivity index (χ4v) is 1.04. The maximum absolute atomic E-state index is 10.6. The van der Waals surface area contributed by atoms with E-state index in [4.69, 9.17) is 5.11 Å². The van der Waals surface area contributed by atoms with Gasteiger partial charge in [-0.2, -0.15) is 0 Å². The SMILES string of the molecule is CC(=O)CCCN(CCC(C)O)N=O. The highest BCUT2D eigenvalue weighted by Gasteiger charge is 2.05. The Morgan fingerprint density at radius 3 is 2.57 bits per heavy atom. The Morgan fingerprint density at radius 2 is 2.14 bits per heavy atom. The molecular weight excluding hydrogens is 184 g/mol. The van der Waals surface area contributed by atoms with Crippen molar-refractivity contribution in [2.75, 3.05) is 13.1 Å². The molecule has 0 aromatic heterocycles. The Balaban J connectivity index is 3.58. The summed E-state index contributed by atoms with van der Waals surface area (Å²) >= 11 is 0. The summed E-state index contributed by atoms with van der Waals surface area (Å²) < 4.78 is 0. The average Bonchev–Trinajstić information content (AvgIpc) is 2.10. The molecule has 1 unspecified atom stereocenters. The lowest BCUT2D eigenvalue weighted by atomic mass is 10.2. The first-order chi connectivity index (χ1) is 6.56. The lowest BCUT2D eigenvalue weighted by molar-refractivity contribution is -0.117. The zero-order chi connectivity index (χ0) is 11.0. The molecule has 0 bridgehead atoms. The minimum Gasteiger partial charge on any atom is -0.393 e. The Kier molecular flexibility index (Phi) is 6.92. The summed E-state index contributed by atoms with van der Waals surface area (Å²) in [6.45, 7) is 4.11. The van der Waals surface area contributed by atoms with Crippen molar-refractivity contribution in [3.8, 4) is 0 Å². The smallest absolute Gasteiger partial charge is 0.129 e. The number of carbonyl (C=O) groups is 1. The molecule has 0 saturated carbocycles. The number of carbonyl (C=O) groups excluding carboxylic acids is 1. The molecule has 0 aliphatic carbocycles. The number of ketones is 1. The summed E-state index contributed by atoms with van der Waals surface area (Å²) in [5.41, 5.74) is 0. The van der Waals surface area contributed by atoms with Gasteiger partial charge in [-0.05, 0) is 26.7 Å². The van der Waals surface area contributed by atoms with Crippen LogP contribution >= 0.6 is 0 Å². The van der Waals surface area contributed by atoms with E-state index < -0.39 is 6.10 Å². The van der Waals surface area contributed by atoms with Crippen LogP contribution in [0.15, 0.2) is 5.29 Å². The van der Waals surface area contributed by atoms with Gasteiger partial charge in [0.1, 0.15) is 5.78 Å². The molecular formula is C9H18N2O3. The minimum absolute atomic E-state index is 0.117. The van der Waals surface area contributed by atoms with Crippen LogP contribution in [0.25, 0.3) is 0 Å². The van der Waals surface area contributed by atoms with Gasteiger partial charge in [-0.3, -0.25) is 5.01 Å². The summed E-state index contributed by atoms with van der Waals surface area (Å²) in [5.74, 6) is 0.117. The zero-order valence-electron chi connectivity index (χ0n) is 8.77. The fraction of sp³-hybridized carbons (Fsp3) is 0.889. The van der Waals surface area contributed by atoms with Crippen LogP contribution in [0.1, 0.15) is 33.1 Å². The third-order valence-corrected chi connectivity index (χ3v) is 1.87. The number of hydrogen-bond donors (Lipinski definition) is 1. The Bertz CT molecular complexity index is 183. The molecule has 0 saturated heterocycles. The molecule has 5 heteroatoms. The molecule has 0 spiro atoms. The van der Waals surface area contributed by atoms with E-state index >= 15 is 0 Å². The highest BCUT2D eigenvalue weighted by molar-refractivity contribution is 5.75. The maximum atomic E-state index is 10.6. The van der Waals surface area contributed by atoms with Crippen LogP contribution in [0.4, 0.5) is 0 Å². The summed E-state index contributed by atoms with van der Waals surface area (Å²) in [6.07, 6.45) is 1.21. The monoisotopic (exact) mass is 202 g/mol. The first-order valence-corrected chi connectivity index (χ1v) is 4.82. The van der Waals surface area contributed by atoms with E-state index in [2.05, 4.69) is 5.29 Å². The lowest BCUT2D eigenvalue weighted by Crippen LogP contribution is -2.22. The molecule has 0 aromatic carbocycles. The highest BCUT2D eigenvalue weighted by atomic mass is 16.3. The van der Waals surface area contributed by atoms with Crippen molar-refractivity contribution < 1.29 is 9.90 Å². The number of nitroso groups, excluding NO2 is 1. The number of hydrogen-bond acceptors (Lipinski definition) is 4. The van der Waals surface area contributed by atoms with Gasteiger partial charge in [-0.15, -0.1) is 4.91 Å². The van der Waals surface area contributed by atoms with E-state index in [0.29, 0.717) is 32.4 Å². The molecule has 5 nitrogen and oxygen atoms in total. The Labute approximate surface area is 84.0 Å². The minimum atomic E-state index is -0.424. The van der Waals surface area contributed by atoms with Crippen molar-refractivity contribution in [1.29, 1.82) is 0 Å². The normalized spacial score (nSPS) is 12.2. The first kappa shape index (κ1) is 13.0. The summed E-state index contributed by atoms with van der Waals surface area (Å²) in [4.78, 5) is 20.9. The summed E-state index contributed by atoms with van der Waals surface area (Å²) in [7, 11) is 0. The topological polar surface area (TPSA) is 70.0 Å². The van der Waals surface area contributed by atoms with Gasteiger partial charge in [-0.25, -0.2) is 0 Å². The molecule has 0 amide bonds. The van der Waals surface area contributed by atoms with Crippen molar-refractivity contribution in [1.82, 2.24) is 5.01 Å². The quantitative estimate of drug-likeness (QED) is 0.473. The van der Waals surface area contributed by atoms with Gasteiger partial charge in [0.15, 0.2) is 0 Å². The third kappa shape index (κ3) is 7.67. The van der Waals surface area contributed by atoms with Crippen LogP contribution in [-0.2, 0) is 4.79 Å². The van der Waals surface area contributed by atoms with Crippen molar-refractivity contribution >= 4 is 5.78 Å². The van der Waals surface area contributed by atoms with Crippen LogP contribution in [0.2, 0.25) is 0 Å². The van der Waals surface area contributed by atoms with Crippen LogP contribution in [0, 0.1) is 4.91 Å². The second kappa shape index (κ2) is 7.44. The van der Waals surface area contributed by atoms with Gasteiger partial charge >= 0.3 is 0 Å².